The molecule has 0 radical (unpaired) electrons. The summed E-state index contributed by atoms with van der Waals surface area (Å²) in [7, 11) is 0. The molecule has 1 aliphatic carbocycles. The Labute approximate surface area is 171 Å². The van der Waals surface area contributed by atoms with Crippen molar-refractivity contribution < 1.29 is 14.0 Å². The standard InChI is InChI=1S/C22H27ClN2O3/c1-16-8-5-6-12-19(16)21(22(27)24-17-9-3-2-4-10-17)25(20(26)14-23)15-18-11-7-13-28-18/h5-8,11-13,17,21H,2-4,9-10,14-15H2,1H3,(H,24,27). The van der Waals surface area contributed by atoms with Gasteiger partial charge in [-0.15, -0.1) is 11.6 Å². The largest absolute Gasteiger partial charge is 0.467 e. The Bertz CT molecular complexity index is 785. The van der Waals surface area contributed by atoms with Gasteiger partial charge in [0.25, 0.3) is 0 Å². The van der Waals surface area contributed by atoms with E-state index in [0.717, 1.165) is 36.8 Å². The molecule has 6 heteroatoms. The van der Waals surface area contributed by atoms with Crippen molar-refractivity contribution in [1.82, 2.24) is 10.2 Å². The molecule has 1 aromatic carbocycles. The van der Waals surface area contributed by atoms with E-state index < -0.39 is 6.04 Å². The van der Waals surface area contributed by atoms with Gasteiger partial charge in [-0.05, 0) is 43.0 Å². The van der Waals surface area contributed by atoms with Gasteiger partial charge >= 0.3 is 0 Å². The second-order valence-corrected chi connectivity index (χ2v) is 7.60. The second-order valence-electron chi connectivity index (χ2n) is 7.34. The van der Waals surface area contributed by atoms with Crippen molar-refractivity contribution >= 4 is 23.4 Å². The molecule has 2 amide bonds. The van der Waals surface area contributed by atoms with Gasteiger partial charge in [-0.1, -0.05) is 43.5 Å². The highest BCUT2D eigenvalue weighted by atomic mass is 35.5. The number of halogens is 1. The summed E-state index contributed by atoms with van der Waals surface area (Å²) in [6, 6.07) is 10.6. The molecular formula is C22H27ClN2O3. The molecule has 2 aromatic rings. The highest BCUT2D eigenvalue weighted by Crippen LogP contribution is 2.28. The van der Waals surface area contributed by atoms with Crippen molar-refractivity contribution in [1.29, 1.82) is 0 Å². The number of benzene rings is 1. The van der Waals surface area contributed by atoms with E-state index in [0.29, 0.717) is 5.76 Å². The number of furan rings is 1. The maximum atomic E-state index is 13.4. The quantitative estimate of drug-likeness (QED) is 0.700. The average Bonchev–Trinajstić information content (AvgIpc) is 3.22. The Morgan fingerprint density at radius 2 is 1.93 bits per heavy atom. The zero-order valence-corrected chi connectivity index (χ0v) is 17.0. The fraction of sp³-hybridized carbons (Fsp3) is 0.455. The molecule has 1 N–H and O–H groups in total. The molecule has 1 aromatic heterocycles. The van der Waals surface area contributed by atoms with Crippen LogP contribution in [0.2, 0.25) is 0 Å². The van der Waals surface area contributed by atoms with Crippen LogP contribution in [0.3, 0.4) is 0 Å². The molecule has 0 saturated heterocycles. The Morgan fingerprint density at radius 1 is 1.18 bits per heavy atom. The number of alkyl halides is 1. The molecule has 0 spiro atoms. The number of hydrogen-bond acceptors (Lipinski definition) is 3. The van der Waals surface area contributed by atoms with Gasteiger partial charge in [0, 0.05) is 6.04 Å². The topological polar surface area (TPSA) is 62.6 Å². The minimum absolute atomic E-state index is 0.157. The predicted octanol–water partition coefficient (Wildman–Crippen LogP) is 4.35. The van der Waals surface area contributed by atoms with Crippen LogP contribution in [0.5, 0.6) is 0 Å². The van der Waals surface area contributed by atoms with Gasteiger partial charge in [-0.25, -0.2) is 0 Å². The number of rotatable bonds is 7. The third kappa shape index (κ3) is 4.96. The lowest BCUT2D eigenvalue weighted by Crippen LogP contribution is -2.47. The molecular weight excluding hydrogens is 376 g/mol. The molecule has 1 saturated carbocycles. The lowest BCUT2D eigenvalue weighted by molar-refractivity contribution is -0.140. The number of nitrogens with one attached hydrogen (secondary N) is 1. The van der Waals surface area contributed by atoms with E-state index in [1.807, 2.05) is 31.2 Å². The highest BCUT2D eigenvalue weighted by molar-refractivity contribution is 6.27. The number of nitrogens with zero attached hydrogens (tertiary/aromatic N) is 1. The van der Waals surface area contributed by atoms with E-state index in [-0.39, 0.29) is 30.3 Å². The summed E-state index contributed by atoms with van der Waals surface area (Å²) in [5.74, 6) is -0.0429. The van der Waals surface area contributed by atoms with E-state index in [2.05, 4.69) is 5.32 Å². The molecule has 5 nitrogen and oxygen atoms in total. The van der Waals surface area contributed by atoms with Crippen molar-refractivity contribution in [2.24, 2.45) is 0 Å². The van der Waals surface area contributed by atoms with Crippen molar-refractivity contribution in [3.05, 3.63) is 59.5 Å². The zero-order valence-electron chi connectivity index (χ0n) is 16.2. The second kappa shape index (κ2) is 9.78. The minimum atomic E-state index is -0.750. The SMILES string of the molecule is Cc1ccccc1C(C(=O)NC1CCCCC1)N(Cc1ccco1)C(=O)CCl. The van der Waals surface area contributed by atoms with Gasteiger partial charge < -0.3 is 14.6 Å². The van der Waals surface area contributed by atoms with Crippen LogP contribution in [0.15, 0.2) is 47.1 Å². The van der Waals surface area contributed by atoms with E-state index in [9.17, 15) is 9.59 Å². The van der Waals surface area contributed by atoms with Gasteiger partial charge in [0.2, 0.25) is 11.8 Å². The van der Waals surface area contributed by atoms with Crippen molar-refractivity contribution in [3.63, 3.8) is 0 Å². The molecule has 28 heavy (non-hydrogen) atoms. The van der Waals surface area contributed by atoms with E-state index in [1.165, 1.54) is 11.3 Å². The summed E-state index contributed by atoms with van der Waals surface area (Å²) >= 11 is 5.90. The van der Waals surface area contributed by atoms with Crippen molar-refractivity contribution in [2.75, 3.05) is 5.88 Å². The fourth-order valence-electron chi connectivity index (χ4n) is 3.84. The first-order chi connectivity index (χ1) is 13.6. The Hall–Kier alpha value is -2.27. The first kappa shape index (κ1) is 20.5. The lowest BCUT2D eigenvalue weighted by atomic mass is 9.94. The molecule has 1 fully saturated rings. The summed E-state index contributed by atoms with van der Waals surface area (Å²) in [5.41, 5.74) is 1.76. The normalized spacial score (nSPS) is 15.8. The minimum Gasteiger partial charge on any atom is -0.467 e. The number of aryl methyl sites for hydroxylation is 1. The fourth-order valence-corrected chi connectivity index (χ4v) is 4.00. The zero-order chi connectivity index (χ0) is 19.9. The molecule has 150 valence electrons. The smallest absolute Gasteiger partial charge is 0.247 e. The van der Waals surface area contributed by atoms with Crippen LogP contribution in [0.4, 0.5) is 0 Å². The van der Waals surface area contributed by atoms with Crippen LogP contribution in [-0.2, 0) is 16.1 Å². The van der Waals surface area contributed by atoms with E-state index in [4.69, 9.17) is 16.0 Å². The van der Waals surface area contributed by atoms with Gasteiger partial charge in [0.1, 0.15) is 17.7 Å². The molecule has 0 bridgehead atoms. The molecule has 1 atom stereocenters. The van der Waals surface area contributed by atoms with Crippen molar-refractivity contribution in [2.45, 2.75) is 57.7 Å². The summed E-state index contributed by atoms with van der Waals surface area (Å²) in [4.78, 5) is 27.6. The van der Waals surface area contributed by atoms with Gasteiger partial charge in [-0.2, -0.15) is 0 Å². The van der Waals surface area contributed by atoms with E-state index >= 15 is 0 Å². The molecule has 1 aliphatic rings. The summed E-state index contributed by atoms with van der Waals surface area (Å²) in [5, 5.41) is 3.18. The van der Waals surface area contributed by atoms with Crippen LogP contribution >= 0.6 is 11.6 Å². The van der Waals surface area contributed by atoms with Gasteiger partial charge in [0.15, 0.2) is 0 Å². The van der Waals surface area contributed by atoms with Crippen LogP contribution in [0, 0.1) is 6.92 Å². The first-order valence-corrected chi connectivity index (χ1v) is 10.4. The number of amides is 2. The van der Waals surface area contributed by atoms with Gasteiger partial charge in [0.05, 0.1) is 12.8 Å². The summed E-state index contributed by atoms with van der Waals surface area (Å²) < 4.78 is 5.44. The monoisotopic (exact) mass is 402 g/mol. The van der Waals surface area contributed by atoms with E-state index in [1.54, 1.807) is 18.4 Å². The Morgan fingerprint density at radius 3 is 2.57 bits per heavy atom. The van der Waals surface area contributed by atoms with Gasteiger partial charge in [-0.3, -0.25) is 9.59 Å². The predicted molar refractivity (Wildman–Crippen MR) is 109 cm³/mol. The third-order valence-corrected chi connectivity index (χ3v) is 5.56. The van der Waals surface area contributed by atoms with Crippen LogP contribution in [0.1, 0.15) is 55.0 Å². The summed E-state index contributed by atoms with van der Waals surface area (Å²) in [6.45, 7) is 2.14. The Balaban J connectivity index is 1.93. The molecule has 0 aliphatic heterocycles. The maximum absolute atomic E-state index is 13.4. The number of carbonyl (C=O) groups excluding carboxylic acids is 2. The van der Waals surface area contributed by atoms with Crippen LogP contribution in [0.25, 0.3) is 0 Å². The third-order valence-electron chi connectivity index (χ3n) is 5.34. The molecule has 1 unspecified atom stereocenters. The Kier molecular flexibility index (Phi) is 7.15. The summed E-state index contributed by atoms with van der Waals surface area (Å²) in [6.07, 6.45) is 6.97. The number of hydrogen-bond donors (Lipinski definition) is 1. The van der Waals surface area contributed by atoms with Crippen LogP contribution < -0.4 is 5.32 Å². The maximum Gasteiger partial charge on any atom is 0.247 e. The van der Waals surface area contributed by atoms with Crippen molar-refractivity contribution in [3.8, 4) is 0 Å². The highest BCUT2D eigenvalue weighted by Gasteiger charge is 2.33. The van der Waals surface area contributed by atoms with Crippen LogP contribution in [-0.4, -0.2) is 28.6 Å². The first-order valence-electron chi connectivity index (χ1n) is 9.84. The molecule has 3 rings (SSSR count). The lowest BCUT2D eigenvalue weighted by Gasteiger charge is -2.33. The number of carbonyl (C=O) groups is 2. The molecule has 1 heterocycles. The average molecular weight is 403 g/mol.